The van der Waals surface area contributed by atoms with E-state index in [1.165, 1.54) is 53.1 Å². The van der Waals surface area contributed by atoms with Crippen LogP contribution in [0.4, 0.5) is 0 Å². The van der Waals surface area contributed by atoms with Crippen LogP contribution in [0.3, 0.4) is 0 Å². The van der Waals surface area contributed by atoms with Crippen LogP contribution in [-0.2, 0) is 11.8 Å². The van der Waals surface area contributed by atoms with E-state index in [1.54, 1.807) is 11.8 Å². The fourth-order valence-electron chi connectivity index (χ4n) is 4.81. The molecule has 2 aliphatic rings. The molecule has 5 rings (SSSR count). The lowest BCUT2D eigenvalue weighted by atomic mass is 9.68. The number of nitrogens with zero attached hydrogens (tertiary/aromatic N) is 2. The molecular weight excluding hydrogens is 336 g/mol. The fraction of sp³-hybridized carbons (Fsp3) is 0.304. The summed E-state index contributed by atoms with van der Waals surface area (Å²) in [5.74, 6) is 0.846. The van der Waals surface area contributed by atoms with Crippen molar-refractivity contribution in [2.75, 3.05) is 6.26 Å². The molecule has 0 aliphatic heterocycles. The summed E-state index contributed by atoms with van der Waals surface area (Å²) in [5, 5.41) is 1.17. The van der Waals surface area contributed by atoms with Gasteiger partial charge in [-0.3, -0.25) is 0 Å². The Morgan fingerprint density at radius 1 is 0.885 bits per heavy atom. The highest BCUT2D eigenvalue weighted by molar-refractivity contribution is 7.98. The molecule has 26 heavy (non-hydrogen) atoms. The van der Waals surface area contributed by atoms with E-state index in [4.69, 9.17) is 9.97 Å². The van der Waals surface area contributed by atoms with Crippen LogP contribution in [0.5, 0.6) is 0 Å². The lowest BCUT2D eigenvalue weighted by molar-refractivity contribution is 0.421. The van der Waals surface area contributed by atoms with Gasteiger partial charge in [-0.1, -0.05) is 67.4 Å². The van der Waals surface area contributed by atoms with Crippen molar-refractivity contribution >= 4 is 11.8 Å². The van der Waals surface area contributed by atoms with E-state index in [0.717, 1.165) is 17.8 Å². The van der Waals surface area contributed by atoms with E-state index >= 15 is 0 Å². The molecule has 0 N–H and O–H groups in total. The second-order valence-corrected chi connectivity index (χ2v) is 8.26. The maximum absolute atomic E-state index is 5.13. The average molecular weight is 359 g/mol. The summed E-state index contributed by atoms with van der Waals surface area (Å²) in [6.45, 7) is 0. The second kappa shape index (κ2) is 6.24. The number of hydrogen-bond acceptors (Lipinski definition) is 3. The first-order valence-electron chi connectivity index (χ1n) is 9.41. The monoisotopic (exact) mass is 358 g/mol. The fourth-order valence-corrected chi connectivity index (χ4v) is 5.51. The van der Waals surface area contributed by atoms with Crippen LogP contribution in [-0.4, -0.2) is 16.2 Å². The molecular formula is C23H22N2S. The summed E-state index contributed by atoms with van der Waals surface area (Å²) in [5.41, 5.74) is 6.67. The Balaban J connectivity index is 1.81. The van der Waals surface area contributed by atoms with Gasteiger partial charge in [0.05, 0.1) is 5.69 Å². The van der Waals surface area contributed by atoms with Crippen molar-refractivity contribution in [3.8, 4) is 22.6 Å². The molecule has 1 saturated carbocycles. The highest BCUT2D eigenvalue weighted by Crippen LogP contribution is 2.53. The molecule has 2 aliphatic carbocycles. The number of aromatic nitrogens is 2. The number of hydrogen-bond donors (Lipinski definition) is 0. The summed E-state index contributed by atoms with van der Waals surface area (Å²) >= 11 is 1.78. The van der Waals surface area contributed by atoms with Crippen LogP contribution in [0.25, 0.3) is 22.6 Å². The maximum atomic E-state index is 5.13. The van der Waals surface area contributed by atoms with Crippen molar-refractivity contribution in [2.24, 2.45) is 0 Å². The van der Waals surface area contributed by atoms with Gasteiger partial charge in [0.1, 0.15) is 5.03 Å². The van der Waals surface area contributed by atoms with Crippen LogP contribution in [0.2, 0.25) is 0 Å². The van der Waals surface area contributed by atoms with E-state index in [1.807, 2.05) is 6.07 Å². The van der Waals surface area contributed by atoms with Crippen molar-refractivity contribution in [1.82, 2.24) is 9.97 Å². The number of rotatable bonds is 2. The third-order valence-electron chi connectivity index (χ3n) is 5.99. The first-order valence-corrected chi connectivity index (χ1v) is 10.6. The van der Waals surface area contributed by atoms with Crippen LogP contribution in [0.15, 0.2) is 59.6 Å². The number of fused-ring (bicyclic) bond motifs is 4. The van der Waals surface area contributed by atoms with E-state index in [0.29, 0.717) is 0 Å². The zero-order valence-electron chi connectivity index (χ0n) is 15.0. The first-order chi connectivity index (χ1) is 12.8. The number of thioether (sulfide) groups is 1. The zero-order valence-corrected chi connectivity index (χ0v) is 15.9. The minimum absolute atomic E-state index is 0.233. The molecule has 1 aromatic heterocycles. The van der Waals surface area contributed by atoms with Gasteiger partial charge >= 0.3 is 0 Å². The molecule has 0 unspecified atom stereocenters. The maximum Gasteiger partial charge on any atom is 0.161 e. The Morgan fingerprint density at radius 3 is 2.38 bits per heavy atom. The summed E-state index contributed by atoms with van der Waals surface area (Å²) in [6.07, 6.45) is 8.44. The highest BCUT2D eigenvalue weighted by Gasteiger charge is 2.44. The second-order valence-electron chi connectivity index (χ2n) is 7.47. The molecule has 130 valence electrons. The first kappa shape index (κ1) is 16.1. The Bertz CT molecular complexity index is 959. The third-order valence-corrected chi connectivity index (χ3v) is 6.68. The smallest absolute Gasteiger partial charge is 0.161 e. The SMILES string of the molecule is CSc1nc(-c2ccccc2)nc2c1C1(CCCC1)Cc1ccccc1-2. The molecule has 2 nitrogen and oxygen atoms in total. The van der Waals surface area contributed by atoms with Gasteiger partial charge in [0.2, 0.25) is 0 Å². The van der Waals surface area contributed by atoms with E-state index in [-0.39, 0.29) is 5.41 Å². The van der Waals surface area contributed by atoms with Crippen molar-refractivity contribution in [3.05, 3.63) is 65.7 Å². The Kier molecular flexibility index (Phi) is 3.86. The van der Waals surface area contributed by atoms with Crippen LogP contribution < -0.4 is 0 Å². The average Bonchev–Trinajstić information content (AvgIpc) is 3.16. The van der Waals surface area contributed by atoms with Gasteiger partial charge in [-0.2, -0.15) is 0 Å². The molecule has 1 heterocycles. The van der Waals surface area contributed by atoms with Gasteiger partial charge in [-0.15, -0.1) is 11.8 Å². The van der Waals surface area contributed by atoms with Gasteiger partial charge in [0.25, 0.3) is 0 Å². The molecule has 0 bridgehead atoms. The van der Waals surface area contributed by atoms with Crippen LogP contribution in [0.1, 0.15) is 36.8 Å². The summed E-state index contributed by atoms with van der Waals surface area (Å²) in [7, 11) is 0. The quantitative estimate of drug-likeness (QED) is 0.421. The molecule has 0 radical (unpaired) electrons. The lowest BCUT2D eigenvalue weighted by Gasteiger charge is -2.37. The molecule has 1 spiro atoms. The summed E-state index contributed by atoms with van der Waals surface area (Å²) in [4.78, 5) is 10.1. The molecule has 2 aromatic carbocycles. The Labute approximate surface area is 159 Å². The van der Waals surface area contributed by atoms with Crippen molar-refractivity contribution in [2.45, 2.75) is 42.5 Å². The van der Waals surface area contributed by atoms with Gasteiger partial charge in [-0.05, 0) is 31.1 Å². The number of benzene rings is 2. The summed E-state index contributed by atoms with van der Waals surface area (Å²) in [6, 6.07) is 19.2. The molecule has 1 fully saturated rings. The summed E-state index contributed by atoms with van der Waals surface area (Å²) < 4.78 is 0. The molecule has 0 saturated heterocycles. The molecule has 3 aromatic rings. The van der Waals surface area contributed by atoms with Gasteiger partial charge < -0.3 is 0 Å². The lowest BCUT2D eigenvalue weighted by Crippen LogP contribution is -2.31. The minimum atomic E-state index is 0.233. The standard InChI is InChI=1S/C23H22N2S/c1-26-22-19-20(24-21(25-22)16-9-3-2-4-10-16)18-12-6-5-11-17(18)15-23(19)13-7-8-14-23/h2-6,9-12H,7-8,13-15H2,1H3. The largest absolute Gasteiger partial charge is 0.228 e. The molecule has 0 atom stereocenters. The molecule has 3 heteroatoms. The van der Waals surface area contributed by atoms with Crippen LogP contribution in [0, 0.1) is 0 Å². The van der Waals surface area contributed by atoms with E-state index in [2.05, 4.69) is 54.8 Å². The normalized spacial score (nSPS) is 17.1. The zero-order chi connectivity index (χ0) is 17.6. The molecule has 0 amide bonds. The predicted octanol–water partition coefficient (Wildman–Crippen LogP) is 5.90. The Morgan fingerprint density at radius 2 is 1.62 bits per heavy atom. The van der Waals surface area contributed by atoms with Crippen LogP contribution >= 0.6 is 11.8 Å². The van der Waals surface area contributed by atoms with Crippen molar-refractivity contribution in [1.29, 1.82) is 0 Å². The van der Waals surface area contributed by atoms with Gasteiger partial charge in [0, 0.05) is 22.1 Å². The van der Waals surface area contributed by atoms with Crippen molar-refractivity contribution < 1.29 is 0 Å². The predicted molar refractivity (Wildman–Crippen MR) is 109 cm³/mol. The Hall–Kier alpha value is -2.13. The van der Waals surface area contributed by atoms with E-state index < -0.39 is 0 Å². The highest BCUT2D eigenvalue weighted by atomic mass is 32.2. The van der Waals surface area contributed by atoms with E-state index in [9.17, 15) is 0 Å². The van der Waals surface area contributed by atoms with Gasteiger partial charge in [-0.25, -0.2) is 9.97 Å². The van der Waals surface area contributed by atoms with Crippen molar-refractivity contribution in [3.63, 3.8) is 0 Å². The topological polar surface area (TPSA) is 25.8 Å². The van der Waals surface area contributed by atoms with Gasteiger partial charge in [0.15, 0.2) is 5.82 Å². The third kappa shape index (κ3) is 2.41. The minimum Gasteiger partial charge on any atom is -0.228 e.